The van der Waals surface area contributed by atoms with Crippen LogP contribution in [-0.2, 0) is 16.1 Å². The van der Waals surface area contributed by atoms with Crippen LogP contribution in [0.4, 0.5) is 13.2 Å². The molecule has 0 saturated carbocycles. The molecule has 0 unspecified atom stereocenters. The van der Waals surface area contributed by atoms with Gasteiger partial charge in [-0.2, -0.15) is 13.2 Å². The fraction of sp³-hybridized carbons (Fsp3) is 0.265. The van der Waals surface area contributed by atoms with E-state index in [-0.39, 0.29) is 21.5 Å². The normalized spacial score (nSPS) is 15.0. The van der Waals surface area contributed by atoms with Crippen LogP contribution < -0.4 is 24.4 Å². The number of thiazole rings is 1. The number of ether oxygens (including phenoxy) is 3. The standard InChI is InChI=1S/C34H30ClF3N2O5S/c1-6-44-32(42)28-29(22-8-10-23(35)11-9-22)40-31(41)27(46-33(40)39-30(28)34(36,37)38)16-21-7-12-25(26(15-21)43-5)45-17-24-19(3)13-18(2)14-20(24)4/h7-16,29H,6,17H2,1-5H3/b27-16-/t29-/m0/s1. The molecule has 7 nitrogen and oxygen atoms in total. The number of aryl methyl sites for hydroxylation is 3. The van der Waals surface area contributed by atoms with Crippen LogP contribution >= 0.6 is 22.9 Å². The number of fused-ring (bicyclic) bond motifs is 1. The highest BCUT2D eigenvalue weighted by Gasteiger charge is 2.45. The van der Waals surface area contributed by atoms with Crippen LogP contribution in [-0.4, -0.2) is 30.4 Å². The Kier molecular flexibility index (Phi) is 9.46. The van der Waals surface area contributed by atoms with Gasteiger partial charge >= 0.3 is 12.1 Å². The highest BCUT2D eigenvalue weighted by molar-refractivity contribution is 7.07. The maximum Gasteiger partial charge on any atom is 0.434 e. The lowest BCUT2D eigenvalue weighted by Crippen LogP contribution is -2.41. The first-order chi connectivity index (χ1) is 21.8. The van der Waals surface area contributed by atoms with Crippen LogP contribution in [0.2, 0.25) is 5.02 Å². The molecule has 46 heavy (non-hydrogen) atoms. The Bertz CT molecular complexity index is 2010. The van der Waals surface area contributed by atoms with Crippen LogP contribution in [0.15, 0.2) is 75.7 Å². The van der Waals surface area contributed by atoms with E-state index in [4.69, 9.17) is 25.8 Å². The molecule has 2 heterocycles. The van der Waals surface area contributed by atoms with Crippen LogP contribution in [0.25, 0.3) is 6.08 Å². The smallest absolute Gasteiger partial charge is 0.434 e. The summed E-state index contributed by atoms with van der Waals surface area (Å²) in [6.45, 7) is 7.72. The average Bonchev–Trinajstić information content (AvgIpc) is 3.30. The fourth-order valence-electron chi connectivity index (χ4n) is 5.43. The molecule has 0 bridgehead atoms. The molecule has 12 heteroatoms. The predicted octanol–water partition coefficient (Wildman–Crippen LogP) is 6.51. The summed E-state index contributed by atoms with van der Waals surface area (Å²) in [5, 5.41) is 0.333. The van der Waals surface area contributed by atoms with E-state index in [1.54, 1.807) is 18.2 Å². The molecule has 0 radical (unpaired) electrons. The van der Waals surface area contributed by atoms with E-state index in [1.165, 1.54) is 44.4 Å². The van der Waals surface area contributed by atoms with E-state index in [9.17, 15) is 22.8 Å². The van der Waals surface area contributed by atoms with Crippen LogP contribution in [0.3, 0.4) is 0 Å². The first-order valence-electron chi connectivity index (χ1n) is 14.3. The first kappa shape index (κ1) is 33.0. The SMILES string of the molecule is CCOC(=O)C1=C(C(F)(F)F)N=c2s/c(=C\c3ccc(OCc4c(C)cc(C)cc4C)c(OC)c3)c(=O)n2[C@H]1c1ccc(Cl)cc1. The number of hydrogen-bond donors (Lipinski definition) is 0. The van der Waals surface area contributed by atoms with E-state index < -0.39 is 35.0 Å². The maximum atomic E-state index is 14.4. The zero-order valence-electron chi connectivity index (χ0n) is 25.6. The van der Waals surface area contributed by atoms with Gasteiger partial charge in [0.15, 0.2) is 22.0 Å². The molecule has 0 spiro atoms. The number of hydrogen-bond acceptors (Lipinski definition) is 7. The lowest BCUT2D eigenvalue weighted by molar-refractivity contribution is -0.140. The molecule has 0 N–H and O–H groups in total. The van der Waals surface area contributed by atoms with E-state index in [0.29, 0.717) is 28.7 Å². The zero-order chi connectivity index (χ0) is 33.3. The number of alkyl halides is 3. The molecule has 1 aliphatic heterocycles. The summed E-state index contributed by atoms with van der Waals surface area (Å²) in [6, 6.07) is 13.7. The van der Waals surface area contributed by atoms with Gasteiger partial charge in [-0.3, -0.25) is 9.36 Å². The average molecular weight is 671 g/mol. The Balaban J connectivity index is 1.60. The Morgan fingerprint density at radius 2 is 1.72 bits per heavy atom. The minimum atomic E-state index is -5.00. The Morgan fingerprint density at radius 3 is 2.33 bits per heavy atom. The van der Waals surface area contributed by atoms with Crippen molar-refractivity contribution in [3.8, 4) is 11.5 Å². The Morgan fingerprint density at radius 1 is 1.04 bits per heavy atom. The largest absolute Gasteiger partial charge is 0.493 e. The predicted molar refractivity (Wildman–Crippen MR) is 170 cm³/mol. The fourth-order valence-corrected chi connectivity index (χ4v) is 6.56. The summed E-state index contributed by atoms with van der Waals surface area (Å²) >= 11 is 6.82. The summed E-state index contributed by atoms with van der Waals surface area (Å²) in [6.07, 6.45) is -3.47. The van der Waals surface area contributed by atoms with E-state index in [1.807, 2.05) is 20.8 Å². The number of aromatic nitrogens is 1. The van der Waals surface area contributed by atoms with Crippen molar-refractivity contribution < 1.29 is 32.2 Å². The summed E-state index contributed by atoms with van der Waals surface area (Å²) in [5.74, 6) is -0.326. The molecule has 3 aromatic carbocycles. The monoisotopic (exact) mass is 670 g/mol. The summed E-state index contributed by atoms with van der Waals surface area (Å²) in [5.41, 5.74) is 2.40. The van der Waals surface area contributed by atoms with Gasteiger partial charge in [-0.1, -0.05) is 58.8 Å². The third-order valence-corrected chi connectivity index (χ3v) is 8.71. The highest BCUT2D eigenvalue weighted by atomic mass is 35.5. The van der Waals surface area contributed by atoms with Gasteiger partial charge < -0.3 is 14.2 Å². The Labute approximate surface area is 271 Å². The lowest BCUT2D eigenvalue weighted by Gasteiger charge is -2.26. The van der Waals surface area contributed by atoms with Crippen molar-refractivity contribution in [2.45, 2.75) is 46.5 Å². The number of benzene rings is 3. The third kappa shape index (κ3) is 6.61. The van der Waals surface area contributed by atoms with E-state index in [2.05, 4.69) is 17.1 Å². The van der Waals surface area contributed by atoms with Gasteiger partial charge in [0.05, 0.1) is 29.9 Å². The van der Waals surface area contributed by atoms with Gasteiger partial charge in [0.1, 0.15) is 6.61 Å². The molecule has 1 atom stereocenters. The van der Waals surface area contributed by atoms with Gasteiger partial charge in [-0.05, 0) is 85.9 Å². The van der Waals surface area contributed by atoms with Gasteiger partial charge in [-0.15, -0.1) is 0 Å². The van der Waals surface area contributed by atoms with Crippen LogP contribution in [0, 0.1) is 20.8 Å². The maximum absolute atomic E-state index is 14.4. The van der Waals surface area contributed by atoms with Crippen LogP contribution in [0.1, 0.15) is 46.3 Å². The second-order valence-electron chi connectivity index (χ2n) is 10.7. The van der Waals surface area contributed by atoms with Gasteiger partial charge in [-0.25, -0.2) is 9.79 Å². The second kappa shape index (κ2) is 13.2. The van der Waals surface area contributed by atoms with Crippen LogP contribution in [0.5, 0.6) is 11.5 Å². The first-order valence-corrected chi connectivity index (χ1v) is 15.4. The third-order valence-electron chi connectivity index (χ3n) is 7.48. The molecule has 0 fully saturated rings. The summed E-state index contributed by atoms with van der Waals surface area (Å²) in [4.78, 5) is 30.4. The topological polar surface area (TPSA) is 79.1 Å². The van der Waals surface area contributed by atoms with Crippen molar-refractivity contribution in [3.63, 3.8) is 0 Å². The number of allylic oxidation sites excluding steroid dienone is 1. The molecule has 1 aromatic heterocycles. The van der Waals surface area contributed by atoms with Crippen molar-refractivity contribution in [2.24, 2.45) is 4.99 Å². The molecule has 0 aliphatic carbocycles. The van der Waals surface area contributed by atoms with Crippen molar-refractivity contribution in [1.29, 1.82) is 0 Å². The number of nitrogens with zero attached hydrogens (tertiary/aromatic N) is 2. The number of rotatable bonds is 8. The molecule has 4 aromatic rings. The molecular weight excluding hydrogens is 641 g/mol. The quantitative estimate of drug-likeness (QED) is 0.200. The van der Waals surface area contributed by atoms with E-state index >= 15 is 0 Å². The number of methoxy groups -OCH3 is 1. The summed E-state index contributed by atoms with van der Waals surface area (Å²) < 4.78 is 60.9. The summed E-state index contributed by atoms with van der Waals surface area (Å²) in [7, 11) is 1.49. The second-order valence-corrected chi connectivity index (χ2v) is 12.1. The number of halogens is 4. The number of carbonyl (C=O) groups is 1. The number of esters is 1. The van der Waals surface area contributed by atoms with Crippen molar-refractivity contribution in [3.05, 3.63) is 124 Å². The molecule has 240 valence electrons. The van der Waals surface area contributed by atoms with Crippen molar-refractivity contribution in [1.82, 2.24) is 4.57 Å². The van der Waals surface area contributed by atoms with Gasteiger partial charge in [0.25, 0.3) is 5.56 Å². The van der Waals surface area contributed by atoms with Crippen molar-refractivity contribution in [2.75, 3.05) is 13.7 Å². The lowest BCUT2D eigenvalue weighted by atomic mass is 9.95. The molecule has 0 saturated heterocycles. The Hall–Kier alpha value is -4.35. The number of carbonyl (C=O) groups excluding carboxylic acids is 1. The molecule has 0 amide bonds. The zero-order valence-corrected chi connectivity index (χ0v) is 27.2. The molecule has 5 rings (SSSR count). The molecular formula is C34H30ClF3N2O5S. The molecule has 1 aliphatic rings. The minimum absolute atomic E-state index is 0.103. The minimum Gasteiger partial charge on any atom is -0.493 e. The van der Waals surface area contributed by atoms with E-state index in [0.717, 1.165) is 38.2 Å². The van der Waals surface area contributed by atoms with Crippen molar-refractivity contribution >= 4 is 35.0 Å². The van der Waals surface area contributed by atoms with Gasteiger partial charge in [0, 0.05) is 5.02 Å². The highest BCUT2D eigenvalue weighted by Crippen LogP contribution is 2.38. The van der Waals surface area contributed by atoms with Gasteiger partial charge in [0.2, 0.25) is 0 Å².